The van der Waals surface area contributed by atoms with Gasteiger partial charge in [0.25, 0.3) is 5.91 Å². The Labute approximate surface area is 228 Å². The molecule has 6 heterocycles. The van der Waals surface area contributed by atoms with Gasteiger partial charge in [-0.25, -0.2) is 9.97 Å². The first-order valence-corrected chi connectivity index (χ1v) is 14.0. The van der Waals surface area contributed by atoms with Crippen molar-refractivity contribution in [1.82, 2.24) is 15.0 Å². The highest BCUT2D eigenvalue weighted by molar-refractivity contribution is 7.59. The summed E-state index contributed by atoms with van der Waals surface area (Å²) < 4.78 is 0.986. The first kappa shape index (κ1) is 26.0. The molecule has 0 saturated carbocycles. The van der Waals surface area contributed by atoms with Gasteiger partial charge in [0.15, 0.2) is 16.6 Å². The van der Waals surface area contributed by atoms with Crippen LogP contribution >= 0.6 is 24.8 Å². The maximum Gasteiger partial charge on any atom is 0.274 e. The summed E-state index contributed by atoms with van der Waals surface area (Å²) >= 11 is 1.65. The molecule has 0 unspecified atom stereocenters. The van der Waals surface area contributed by atoms with Crippen molar-refractivity contribution in [3.8, 4) is 0 Å². The van der Waals surface area contributed by atoms with Crippen molar-refractivity contribution in [2.24, 2.45) is 0 Å². The number of piperidine rings is 2. The Morgan fingerprint density at radius 3 is 2.35 bits per heavy atom. The van der Waals surface area contributed by atoms with Crippen LogP contribution in [0.5, 0.6) is 0 Å². The zero-order valence-corrected chi connectivity index (χ0v) is 22.8. The fourth-order valence-corrected chi connectivity index (χ4v) is 6.36. The van der Waals surface area contributed by atoms with Crippen LogP contribution in [0.25, 0.3) is 10.3 Å². The summed E-state index contributed by atoms with van der Waals surface area (Å²) in [7, 11) is 0. The number of carbonyl (C=O) groups is 1. The molecule has 0 aliphatic carbocycles. The normalized spacial score (nSPS) is 20.2. The number of nitrogens with one attached hydrogen (secondary N) is 1. The van der Waals surface area contributed by atoms with E-state index in [1.54, 1.807) is 17.4 Å². The summed E-state index contributed by atoms with van der Waals surface area (Å²) in [5.41, 5.74) is 1.83. The van der Waals surface area contributed by atoms with Crippen molar-refractivity contribution in [3.63, 3.8) is 0 Å². The largest absolute Gasteiger partial charge is 0.391 e. The van der Waals surface area contributed by atoms with Gasteiger partial charge in [0, 0.05) is 39.3 Å². The highest BCUT2D eigenvalue weighted by atomic mass is 32.1. The number of aliphatic hydroxyl groups excluding tert-OH is 1. The molecule has 3 fully saturated rings. The minimum atomic E-state index is -0.344. The average Bonchev–Trinajstić information content (AvgIpc) is 3.55. The van der Waals surface area contributed by atoms with Crippen LogP contribution in [0.1, 0.15) is 55.4 Å². The summed E-state index contributed by atoms with van der Waals surface area (Å²) in [6.45, 7) is 5.22. The van der Waals surface area contributed by atoms with E-state index in [0.29, 0.717) is 17.9 Å². The molecule has 37 heavy (non-hydrogen) atoms. The smallest absolute Gasteiger partial charge is 0.274 e. The SMILES string of the molecule is O=C(Nc1cc2sc(N3CCCCC3)nc2nc1N1CCCCC1)c1cccc(N2CC[C@H](O)C2)n1.S. The summed E-state index contributed by atoms with van der Waals surface area (Å²) in [5, 5.41) is 14.0. The third-order valence-electron chi connectivity index (χ3n) is 7.34. The second-order valence-electron chi connectivity index (χ2n) is 10.00. The maximum absolute atomic E-state index is 13.4. The molecular weight excluding hydrogens is 506 g/mol. The van der Waals surface area contributed by atoms with Crippen LogP contribution in [0.3, 0.4) is 0 Å². The predicted molar refractivity (Wildman–Crippen MR) is 155 cm³/mol. The van der Waals surface area contributed by atoms with Crippen molar-refractivity contribution in [2.45, 2.75) is 51.0 Å². The molecule has 3 saturated heterocycles. The van der Waals surface area contributed by atoms with E-state index in [0.717, 1.165) is 79.1 Å². The van der Waals surface area contributed by atoms with Crippen LogP contribution in [0.15, 0.2) is 24.3 Å². The van der Waals surface area contributed by atoms with Gasteiger partial charge in [0.2, 0.25) is 0 Å². The van der Waals surface area contributed by atoms with E-state index in [4.69, 9.17) is 9.97 Å². The molecule has 0 aromatic carbocycles. The van der Waals surface area contributed by atoms with Gasteiger partial charge in [0.1, 0.15) is 11.5 Å². The Morgan fingerprint density at radius 1 is 0.919 bits per heavy atom. The number of fused-ring (bicyclic) bond motifs is 1. The number of aliphatic hydroxyl groups is 1. The Bertz CT molecular complexity index is 1240. The molecule has 0 radical (unpaired) electrons. The zero-order valence-electron chi connectivity index (χ0n) is 21.0. The Hall–Kier alpha value is -2.63. The van der Waals surface area contributed by atoms with E-state index in [-0.39, 0.29) is 25.5 Å². The monoisotopic (exact) mass is 541 g/mol. The predicted octanol–water partition coefficient (Wildman–Crippen LogP) is 4.00. The Kier molecular flexibility index (Phi) is 8.01. The van der Waals surface area contributed by atoms with Crippen molar-refractivity contribution < 1.29 is 9.90 Å². The third-order valence-corrected chi connectivity index (χ3v) is 8.39. The van der Waals surface area contributed by atoms with Gasteiger partial charge < -0.3 is 25.1 Å². The van der Waals surface area contributed by atoms with Gasteiger partial charge in [-0.2, -0.15) is 18.5 Å². The quantitative estimate of drug-likeness (QED) is 0.500. The number of hydrogen-bond acceptors (Lipinski definition) is 9. The molecule has 1 atom stereocenters. The molecule has 2 N–H and O–H groups in total. The summed E-state index contributed by atoms with van der Waals surface area (Å²) in [4.78, 5) is 34.5. The second-order valence-corrected chi connectivity index (χ2v) is 11.0. The lowest BCUT2D eigenvalue weighted by Gasteiger charge is -2.29. The third kappa shape index (κ3) is 5.63. The molecule has 3 aromatic heterocycles. The Balaban J connectivity index is 0.00000280. The number of rotatable bonds is 5. The fraction of sp³-hybridized carbons (Fsp3) is 0.538. The summed E-state index contributed by atoms with van der Waals surface area (Å²) in [5.74, 6) is 1.26. The number of anilines is 4. The van der Waals surface area contributed by atoms with Crippen LogP contribution in [-0.2, 0) is 0 Å². The van der Waals surface area contributed by atoms with Crippen molar-refractivity contribution in [1.29, 1.82) is 0 Å². The molecule has 3 aliphatic rings. The Morgan fingerprint density at radius 2 is 1.65 bits per heavy atom. The van der Waals surface area contributed by atoms with Crippen LogP contribution in [0.4, 0.5) is 22.5 Å². The lowest BCUT2D eigenvalue weighted by molar-refractivity contribution is 0.102. The van der Waals surface area contributed by atoms with Crippen LogP contribution in [0.2, 0.25) is 0 Å². The number of nitrogens with zero attached hydrogens (tertiary/aromatic N) is 6. The van der Waals surface area contributed by atoms with E-state index in [2.05, 4.69) is 20.1 Å². The topological polar surface area (TPSA) is 97.7 Å². The van der Waals surface area contributed by atoms with Crippen LogP contribution in [-0.4, -0.2) is 71.3 Å². The zero-order chi connectivity index (χ0) is 24.5. The number of β-amino-alcohol motifs (C(OH)–C–C–N with tert-alkyl or cyclic N) is 1. The van der Waals surface area contributed by atoms with Gasteiger partial charge in [0.05, 0.1) is 16.5 Å². The van der Waals surface area contributed by atoms with Crippen LogP contribution < -0.4 is 20.0 Å². The van der Waals surface area contributed by atoms with E-state index in [1.807, 2.05) is 23.1 Å². The number of carbonyl (C=O) groups excluding carboxylic acids is 1. The van der Waals surface area contributed by atoms with E-state index in [1.165, 1.54) is 25.7 Å². The fourth-order valence-electron chi connectivity index (χ4n) is 5.36. The average molecular weight is 542 g/mol. The number of pyridine rings is 2. The lowest BCUT2D eigenvalue weighted by atomic mass is 10.1. The van der Waals surface area contributed by atoms with E-state index >= 15 is 0 Å². The van der Waals surface area contributed by atoms with E-state index < -0.39 is 0 Å². The standard InChI is InChI=1S/C26H33N7O2S.H2S/c34-18-10-15-33(17-18)22-9-7-8-19(27-22)25(35)28-20-16-21-23(29-24(20)31-11-3-1-4-12-31)30-26(36-21)32-13-5-2-6-14-32;/h7-9,16,18,34H,1-6,10-15,17H2,(H,28,35);1H2/t18-;/m0./s1. The van der Waals surface area contributed by atoms with Crippen molar-refractivity contribution in [3.05, 3.63) is 30.0 Å². The second kappa shape index (κ2) is 11.4. The van der Waals surface area contributed by atoms with Gasteiger partial charge in [-0.1, -0.05) is 17.4 Å². The molecule has 6 rings (SSSR count). The maximum atomic E-state index is 13.4. The molecule has 1 amide bonds. The van der Waals surface area contributed by atoms with E-state index in [9.17, 15) is 9.90 Å². The van der Waals surface area contributed by atoms with Gasteiger partial charge >= 0.3 is 0 Å². The van der Waals surface area contributed by atoms with Crippen molar-refractivity contribution in [2.75, 3.05) is 59.3 Å². The van der Waals surface area contributed by atoms with Crippen molar-refractivity contribution >= 4 is 63.5 Å². The molecule has 11 heteroatoms. The molecular formula is C26H35N7O2S2. The summed E-state index contributed by atoms with van der Waals surface area (Å²) in [6.07, 6.45) is 7.52. The first-order valence-electron chi connectivity index (χ1n) is 13.2. The molecule has 0 spiro atoms. The summed E-state index contributed by atoms with van der Waals surface area (Å²) in [6, 6.07) is 7.51. The number of aromatic nitrogens is 3. The lowest BCUT2D eigenvalue weighted by Crippen LogP contribution is -2.31. The molecule has 0 bridgehead atoms. The number of thiazole rings is 1. The molecule has 3 aromatic rings. The number of hydrogen-bond donors (Lipinski definition) is 2. The minimum Gasteiger partial charge on any atom is -0.391 e. The highest BCUT2D eigenvalue weighted by Gasteiger charge is 2.24. The molecule has 3 aliphatic heterocycles. The number of amides is 1. The van der Waals surface area contributed by atoms with Gasteiger partial charge in [-0.05, 0) is 63.1 Å². The molecule has 198 valence electrons. The van der Waals surface area contributed by atoms with Gasteiger partial charge in [-0.3, -0.25) is 4.79 Å². The molecule has 9 nitrogen and oxygen atoms in total. The highest BCUT2D eigenvalue weighted by Crippen LogP contribution is 2.36. The van der Waals surface area contributed by atoms with Gasteiger partial charge in [-0.15, -0.1) is 0 Å². The van der Waals surface area contributed by atoms with Crippen LogP contribution in [0, 0.1) is 0 Å². The first-order chi connectivity index (χ1) is 17.6. The minimum absolute atomic E-state index is 0.